The maximum Gasteiger partial charge on any atom is 0.140 e. The van der Waals surface area contributed by atoms with Crippen LogP contribution in [-0.4, -0.2) is 33.6 Å². The van der Waals surface area contributed by atoms with Crippen LogP contribution in [-0.2, 0) is 24.8 Å². The lowest BCUT2D eigenvalue weighted by Gasteiger charge is -2.39. The van der Waals surface area contributed by atoms with Gasteiger partial charge in [-0.1, -0.05) is 33.1 Å². The molecule has 0 spiro atoms. The molecule has 0 radical (unpaired) electrons. The summed E-state index contributed by atoms with van der Waals surface area (Å²) in [5, 5.41) is -0.692. The molecule has 0 heterocycles. The van der Waals surface area contributed by atoms with Gasteiger partial charge in [-0.2, -0.15) is 0 Å². The Kier molecular flexibility index (Phi) is 4.41. The van der Waals surface area contributed by atoms with Crippen LogP contribution in [0.2, 0.25) is 0 Å². The summed E-state index contributed by atoms with van der Waals surface area (Å²) in [4.78, 5) is 12.5. The van der Waals surface area contributed by atoms with Crippen molar-refractivity contribution in [3.05, 3.63) is 4.13 Å². The Balaban J connectivity index is 1.80. The maximum atomic E-state index is 12.6. The highest BCUT2D eigenvalue weighted by Gasteiger charge is 2.64. The molecule has 2 bridgehead atoms. The van der Waals surface area contributed by atoms with E-state index in [4.69, 9.17) is 0 Å². The molecule has 0 aromatic rings. The standard InChI is InChI=1S/C16H26NO5S2/c1-15(2)12-8-9-16(15,14(18)10-12)11-23(19,20)17-24(21,22)13-6-4-3-5-7-13/h12-13H,3-11H2,1-2H3/q-1. The van der Waals surface area contributed by atoms with Crippen molar-refractivity contribution in [1.82, 2.24) is 0 Å². The Labute approximate surface area is 144 Å². The third-order valence-electron chi connectivity index (χ3n) is 6.76. The fraction of sp³-hybridized carbons (Fsp3) is 0.938. The van der Waals surface area contributed by atoms with Crippen LogP contribution in [0.4, 0.5) is 0 Å². The number of hydrogen-bond donors (Lipinski definition) is 0. The smallest absolute Gasteiger partial charge is 0.140 e. The number of ketones is 1. The second-order valence-corrected chi connectivity index (χ2v) is 12.0. The molecule has 24 heavy (non-hydrogen) atoms. The van der Waals surface area contributed by atoms with Crippen LogP contribution < -0.4 is 0 Å². The minimum atomic E-state index is -4.20. The SMILES string of the molecule is CC1(C)C2CCC1(CS(=O)(=O)[N-]S(=O)(=O)C1CCCCC1)C(=O)C2. The molecule has 0 amide bonds. The normalized spacial score (nSPS) is 33.9. The summed E-state index contributed by atoms with van der Waals surface area (Å²) in [7, 11) is -8.24. The van der Waals surface area contributed by atoms with Crippen molar-refractivity contribution < 1.29 is 21.6 Å². The van der Waals surface area contributed by atoms with Crippen LogP contribution in [0.1, 0.15) is 65.2 Å². The molecule has 138 valence electrons. The predicted molar refractivity (Wildman–Crippen MR) is 91.5 cm³/mol. The number of hydrogen-bond acceptors (Lipinski definition) is 5. The van der Waals surface area contributed by atoms with Gasteiger partial charge in [0.15, 0.2) is 0 Å². The minimum Gasteiger partial charge on any atom is -0.436 e. The van der Waals surface area contributed by atoms with Gasteiger partial charge in [0.25, 0.3) is 0 Å². The van der Waals surface area contributed by atoms with Crippen molar-refractivity contribution in [2.24, 2.45) is 16.7 Å². The molecule has 0 aliphatic heterocycles. The Morgan fingerprint density at radius 2 is 1.67 bits per heavy atom. The van der Waals surface area contributed by atoms with Crippen LogP contribution in [0.3, 0.4) is 0 Å². The van der Waals surface area contributed by atoms with E-state index >= 15 is 0 Å². The first kappa shape index (κ1) is 18.3. The Bertz CT molecular complexity index is 734. The zero-order valence-corrected chi connectivity index (χ0v) is 16.0. The van der Waals surface area contributed by atoms with Gasteiger partial charge in [-0.3, -0.25) is 4.79 Å². The second-order valence-electron chi connectivity index (χ2n) is 8.24. The van der Waals surface area contributed by atoms with E-state index in [2.05, 4.69) is 4.13 Å². The molecule has 3 saturated carbocycles. The highest BCUT2D eigenvalue weighted by molar-refractivity contribution is 8.12. The van der Waals surface area contributed by atoms with Gasteiger partial charge >= 0.3 is 0 Å². The van der Waals surface area contributed by atoms with Gasteiger partial charge in [0.1, 0.15) is 5.78 Å². The van der Waals surface area contributed by atoms with Crippen LogP contribution in [0.15, 0.2) is 0 Å². The van der Waals surface area contributed by atoms with Crippen LogP contribution in [0, 0.1) is 16.7 Å². The van der Waals surface area contributed by atoms with Crippen molar-refractivity contribution in [3.63, 3.8) is 0 Å². The first-order chi connectivity index (χ1) is 11.0. The number of carbonyl (C=O) groups excluding carboxylic acids is 1. The number of rotatable bonds is 5. The van der Waals surface area contributed by atoms with Gasteiger partial charge in [-0.25, -0.2) is 16.8 Å². The Hall–Kier alpha value is -0.470. The second kappa shape index (κ2) is 5.77. The number of sulfonamides is 2. The molecule has 3 fully saturated rings. The van der Waals surface area contributed by atoms with Crippen LogP contribution in [0.5, 0.6) is 0 Å². The van der Waals surface area contributed by atoms with E-state index in [1.807, 2.05) is 13.8 Å². The quantitative estimate of drug-likeness (QED) is 0.734. The van der Waals surface area contributed by atoms with E-state index in [1.165, 1.54) is 0 Å². The molecular formula is C16H26NO5S2-. The lowest BCUT2D eigenvalue weighted by Crippen LogP contribution is -2.42. The molecule has 0 saturated heterocycles. The van der Waals surface area contributed by atoms with Gasteiger partial charge < -0.3 is 4.13 Å². The molecule has 6 nitrogen and oxygen atoms in total. The third kappa shape index (κ3) is 2.84. The van der Waals surface area contributed by atoms with Crippen LogP contribution in [0.25, 0.3) is 4.13 Å². The van der Waals surface area contributed by atoms with E-state index in [9.17, 15) is 21.6 Å². The molecule has 3 aliphatic rings. The van der Waals surface area contributed by atoms with Gasteiger partial charge in [0, 0.05) is 22.8 Å². The van der Waals surface area contributed by atoms with E-state index in [0.717, 1.165) is 25.7 Å². The van der Waals surface area contributed by atoms with Crippen molar-refractivity contribution in [2.45, 2.75) is 70.5 Å². The van der Waals surface area contributed by atoms with E-state index in [-0.39, 0.29) is 11.7 Å². The fourth-order valence-electron chi connectivity index (χ4n) is 5.03. The molecule has 0 aromatic heterocycles. The minimum absolute atomic E-state index is 0.0439. The number of carbonyl (C=O) groups is 1. The lowest BCUT2D eigenvalue weighted by molar-refractivity contribution is -0.128. The molecule has 8 heteroatoms. The monoisotopic (exact) mass is 376 g/mol. The van der Waals surface area contributed by atoms with E-state index < -0.39 is 41.9 Å². The lowest BCUT2D eigenvalue weighted by atomic mass is 9.70. The molecule has 0 N–H and O–H groups in total. The Morgan fingerprint density at radius 3 is 2.17 bits per heavy atom. The largest absolute Gasteiger partial charge is 0.436 e. The van der Waals surface area contributed by atoms with Crippen molar-refractivity contribution in [1.29, 1.82) is 0 Å². The van der Waals surface area contributed by atoms with Gasteiger partial charge in [0.05, 0.1) is 20.0 Å². The fourth-order valence-corrected chi connectivity index (χ4v) is 9.22. The first-order valence-corrected chi connectivity index (χ1v) is 11.9. The highest BCUT2D eigenvalue weighted by Crippen LogP contribution is 2.64. The molecule has 2 atom stereocenters. The molecule has 0 aromatic carbocycles. The summed E-state index contributed by atoms with van der Waals surface area (Å²) in [6, 6.07) is 0. The summed E-state index contributed by atoms with van der Waals surface area (Å²) in [5.41, 5.74) is -1.39. The van der Waals surface area contributed by atoms with Crippen molar-refractivity contribution in [3.8, 4) is 0 Å². The summed E-state index contributed by atoms with van der Waals surface area (Å²) in [6.07, 6.45) is 5.24. The summed E-state index contributed by atoms with van der Waals surface area (Å²) < 4.78 is 53.2. The first-order valence-electron chi connectivity index (χ1n) is 8.74. The predicted octanol–water partition coefficient (Wildman–Crippen LogP) is 2.75. The third-order valence-corrected chi connectivity index (χ3v) is 10.7. The summed E-state index contributed by atoms with van der Waals surface area (Å²) >= 11 is 0. The molecular weight excluding hydrogens is 350 g/mol. The average molecular weight is 377 g/mol. The van der Waals surface area contributed by atoms with Gasteiger partial charge in [-0.15, -0.1) is 0 Å². The van der Waals surface area contributed by atoms with Crippen molar-refractivity contribution in [2.75, 3.05) is 5.75 Å². The number of nitrogens with zero attached hydrogens (tertiary/aromatic N) is 1. The van der Waals surface area contributed by atoms with Crippen molar-refractivity contribution >= 4 is 25.8 Å². The number of fused-ring (bicyclic) bond motifs is 2. The average Bonchev–Trinajstić information content (AvgIpc) is 2.80. The molecule has 3 rings (SSSR count). The molecule has 2 unspecified atom stereocenters. The van der Waals surface area contributed by atoms with Gasteiger partial charge in [-0.05, 0) is 37.0 Å². The van der Waals surface area contributed by atoms with E-state index in [1.54, 1.807) is 0 Å². The van der Waals surface area contributed by atoms with E-state index in [0.29, 0.717) is 25.7 Å². The number of Topliss-reactive ketones (excluding diaryl/α,β-unsaturated/α-hetero) is 1. The zero-order chi connectivity index (χ0) is 17.8. The Morgan fingerprint density at radius 1 is 1.04 bits per heavy atom. The maximum absolute atomic E-state index is 12.6. The summed E-state index contributed by atoms with van der Waals surface area (Å²) in [5.74, 6) is -0.318. The topological polar surface area (TPSA) is 99.4 Å². The summed E-state index contributed by atoms with van der Waals surface area (Å²) in [6.45, 7) is 3.86. The zero-order valence-electron chi connectivity index (χ0n) is 14.3. The van der Waals surface area contributed by atoms with Gasteiger partial charge in [0.2, 0.25) is 0 Å². The molecule has 3 aliphatic carbocycles. The van der Waals surface area contributed by atoms with Crippen LogP contribution >= 0.6 is 0 Å². The highest BCUT2D eigenvalue weighted by atomic mass is 32.3.